The molecule has 136 valence electrons. The van der Waals surface area contributed by atoms with E-state index in [2.05, 4.69) is 4.90 Å². The summed E-state index contributed by atoms with van der Waals surface area (Å²) in [7, 11) is 0. The van der Waals surface area contributed by atoms with Crippen LogP contribution >= 0.6 is 0 Å². The fourth-order valence-corrected chi connectivity index (χ4v) is 3.83. The summed E-state index contributed by atoms with van der Waals surface area (Å²) < 4.78 is 5.71. The molecular weight excluding hydrogens is 308 g/mol. The number of hydrogen-bond acceptors (Lipinski definition) is 5. The molecule has 3 aliphatic heterocycles. The van der Waals surface area contributed by atoms with Crippen LogP contribution in [0.4, 0.5) is 0 Å². The number of nitrogens with zero attached hydrogens (tertiary/aromatic N) is 3. The van der Waals surface area contributed by atoms with Gasteiger partial charge in [0, 0.05) is 45.8 Å². The molecule has 0 aliphatic carbocycles. The van der Waals surface area contributed by atoms with Crippen LogP contribution in [-0.4, -0.2) is 91.1 Å². The van der Waals surface area contributed by atoms with Crippen LogP contribution in [0.15, 0.2) is 0 Å². The fraction of sp³-hybridized carbons (Fsp3) is 0.882. The van der Waals surface area contributed by atoms with Gasteiger partial charge in [0.15, 0.2) is 0 Å². The topological polar surface area (TPSA) is 79.1 Å². The molecule has 3 heterocycles. The van der Waals surface area contributed by atoms with Crippen LogP contribution in [0.1, 0.15) is 32.1 Å². The molecule has 3 aliphatic rings. The molecular formula is C17H30N4O3. The van der Waals surface area contributed by atoms with Gasteiger partial charge >= 0.3 is 0 Å². The highest BCUT2D eigenvalue weighted by Gasteiger charge is 2.34. The highest BCUT2D eigenvalue weighted by atomic mass is 16.5. The first-order valence-corrected chi connectivity index (χ1v) is 9.32. The Morgan fingerprint density at radius 1 is 0.917 bits per heavy atom. The Morgan fingerprint density at radius 3 is 2.25 bits per heavy atom. The molecule has 0 saturated carbocycles. The highest BCUT2D eigenvalue weighted by molar-refractivity contribution is 5.81. The van der Waals surface area contributed by atoms with E-state index in [0.29, 0.717) is 26.2 Å². The molecule has 0 unspecified atom stereocenters. The zero-order valence-electron chi connectivity index (χ0n) is 14.5. The predicted molar refractivity (Wildman–Crippen MR) is 90.4 cm³/mol. The molecule has 2 atom stereocenters. The number of piperidine rings is 1. The summed E-state index contributed by atoms with van der Waals surface area (Å²) in [5.41, 5.74) is 5.61. The van der Waals surface area contributed by atoms with Gasteiger partial charge in [-0.3, -0.25) is 14.5 Å². The molecule has 0 aromatic rings. The first-order chi connectivity index (χ1) is 11.7. The van der Waals surface area contributed by atoms with Crippen molar-refractivity contribution in [1.82, 2.24) is 14.7 Å². The molecule has 2 N–H and O–H groups in total. The third kappa shape index (κ3) is 4.26. The number of hydrogen-bond donors (Lipinski definition) is 1. The molecule has 3 saturated heterocycles. The van der Waals surface area contributed by atoms with Crippen molar-refractivity contribution in [1.29, 1.82) is 0 Å². The monoisotopic (exact) mass is 338 g/mol. The Labute approximate surface area is 144 Å². The van der Waals surface area contributed by atoms with Gasteiger partial charge in [-0.05, 0) is 32.1 Å². The van der Waals surface area contributed by atoms with Crippen molar-refractivity contribution >= 4 is 11.8 Å². The summed E-state index contributed by atoms with van der Waals surface area (Å²) >= 11 is 0. The molecule has 3 rings (SSSR count). The van der Waals surface area contributed by atoms with E-state index in [1.165, 1.54) is 6.42 Å². The molecule has 0 aromatic heterocycles. The van der Waals surface area contributed by atoms with Gasteiger partial charge in [0.2, 0.25) is 5.91 Å². The van der Waals surface area contributed by atoms with E-state index in [0.717, 1.165) is 51.9 Å². The minimum absolute atomic E-state index is 0.0300. The van der Waals surface area contributed by atoms with Crippen molar-refractivity contribution in [3.63, 3.8) is 0 Å². The van der Waals surface area contributed by atoms with Crippen LogP contribution in [0.25, 0.3) is 0 Å². The summed E-state index contributed by atoms with van der Waals surface area (Å²) in [6.07, 6.45) is 4.84. The van der Waals surface area contributed by atoms with Gasteiger partial charge in [-0.15, -0.1) is 0 Å². The van der Waals surface area contributed by atoms with Gasteiger partial charge < -0.3 is 20.3 Å². The molecule has 24 heavy (non-hydrogen) atoms. The SMILES string of the molecule is NC[C@H]1CC[C@@H](C(=O)N2CCN(CC(=O)N3CCCCC3)CC2)O1. The Bertz CT molecular complexity index is 445. The molecule has 0 spiro atoms. The van der Waals surface area contributed by atoms with E-state index in [9.17, 15) is 9.59 Å². The summed E-state index contributed by atoms with van der Waals surface area (Å²) in [4.78, 5) is 30.9. The summed E-state index contributed by atoms with van der Waals surface area (Å²) in [5, 5.41) is 0. The zero-order chi connectivity index (χ0) is 16.9. The average Bonchev–Trinajstić information content (AvgIpc) is 3.11. The molecule has 0 radical (unpaired) electrons. The van der Waals surface area contributed by atoms with E-state index < -0.39 is 0 Å². The maximum atomic E-state index is 12.5. The quantitative estimate of drug-likeness (QED) is 0.758. The van der Waals surface area contributed by atoms with Gasteiger partial charge in [-0.25, -0.2) is 0 Å². The maximum Gasteiger partial charge on any atom is 0.251 e. The lowest BCUT2D eigenvalue weighted by atomic mass is 10.1. The largest absolute Gasteiger partial charge is 0.364 e. The Morgan fingerprint density at radius 2 is 1.62 bits per heavy atom. The number of carbonyl (C=O) groups is 2. The Kier molecular flexibility index (Phi) is 6.08. The number of rotatable bonds is 4. The lowest BCUT2D eigenvalue weighted by Crippen LogP contribution is -2.53. The number of ether oxygens (including phenoxy) is 1. The summed E-state index contributed by atoms with van der Waals surface area (Å²) in [6.45, 7) is 5.65. The van der Waals surface area contributed by atoms with Crippen molar-refractivity contribution < 1.29 is 14.3 Å². The number of nitrogens with two attached hydrogens (primary N) is 1. The molecule has 3 fully saturated rings. The molecule has 0 aromatic carbocycles. The smallest absolute Gasteiger partial charge is 0.251 e. The number of likely N-dealkylation sites (tertiary alicyclic amines) is 1. The van der Waals surface area contributed by atoms with Crippen LogP contribution in [0.5, 0.6) is 0 Å². The summed E-state index contributed by atoms with van der Waals surface area (Å²) in [6, 6.07) is 0. The van der Waals surface area contributed by atoms with Gasteiger partial charge in [0.05, 0.1) is 12.6 Å². The van der Waals surface area contributed by atoms with Crippen LogP contribution in [0.2, 0.25) is 0 Å². The van der Waals surface area contributed by atoms with Gasteiger partial charge in [0.25, 0.3) is 5.91 Å². The minimum Gasteiger partial charge on any atom is -0.364 e. The standard InChI is InChI=1S/C17H30N4O3/c18-12-14-4-5-15(24-14)17(23)21-10-8-19(9-11-21)13-16(22)20-6-2-1-3-7-20/h14-15H,1-13,18H2/t14-,15+/m1/s1. The second-order valence-electron chi connectivity index (χ2n) is 7.10. The fourth-order valence-electron chi connectivity index (χ4n) is 3.83. The Hall–Kier alpha value is -1.18. The number of amides is 2. The third-order valence-corrected chi connectivity index (χ3v) is 5.40. The predicted octanol–water partition coefficient (Wildman–Crippen LogP) is -0.351. The lowest BCUT2D eigenvalue weighted by molar-refractivity contribution is -0.145. The lowest BCUT2D eigenvalue weighted by Gasteiger charge is -2.36. The van der Waals surface area contributed by atoms with Crippen molar-refractivity contribution in [2.24, 2.45) is 5.73 Å². The highest BCUT2D eigenvalue weighted by Crippen LogP contribution is 2.21. The third-order valence-electron chi connectivity index (χ3n) is 5.40. The van der Waals surface area contributed by atoms with E-state index in [-0.39, 0.29) is 24.0 Å². The second kappa shape index (κ2) is 8.27. The van der Waals surface area contributed by atoms with E-state index in [4.69, 9.17) is 10.5 Å². The number of piperazine rings is 1. The van der Waals surface area contributed by atoms with Crippen molar-refractivity contribution in [3.8, 4) is 0 Å². The first-order valence-electron chi connectivity index (χ1n) is 9.32. The normalized spacial score (nSPS) is 29.0. The van der Waals surface area contributed by atoms with Crippen LogP contribution in [0, 0.1) is 0 Å². The van der Waals surface area contributed by atoms with E-state index >= 15 is 0 Å². The average molecular weight is 338 g/mol. The zero-order valence-corrected chi connectivity index (χ0v) is 14.5. The molecule has 7 nitrogen and oxygen atoms in total. The van der Waals surface area contributed by atoms with Gasteiger partial charge in [-0.1, -0.05) is 0 Å². The van der Waals surface area contributed by atoms with Crippen molar-refractivity contribution in [2.75, 3.05) is 52.4 Å². The van der Waals surface area contributed by atoms with Gasteiger partial charge in [-0.2, -0.15) is 0 Å². The van der Waals surface area contributed by atoms with E-state index in [1.807, 2.05) is 9.80 Å². The Balaban J connectivity index is 1.40. The molecule has 0 bridgehead atoms. The van der Waals surface area contributed by atoms with Crippen LogP contribution in [-0.2, 0) is 14.3 Å². The summed E-state index contributed by atoms with van der Waals surface area (Å²) in [5.74, 6) is 0.326. The van der Waals surface area contributed by atoms with Crippen molar-refractivity contribution in [3.05, 3.63) is 0 Å². The molecule has 7 heteroatoms. The van der Waals surface area contributed by atoms with Gasteiger partial charge in [0.1, 0.15) is 6.10 Å². The minimum atomic E-state index is -0.319. The first kappa shape index (κ1) is 17.6. The van der Waals surface area contributed by atoms with Crippen LogP contribution < -0.4 is 5.73 Å². The maximum absolute atomic E-state index is 12.5. The van der Waals surface area contributed by atoms with Crippen molar-refractivity contribution in [2.45, 2.75) is 44.3 Å². The molecule has 2 amide bonds. The second-order valence-corrected chi connectivity index (χ2v) is 7.10. The van der Waals surface area contributed by atoms with E-state index in [1.54, 1.807) is 0 Å². The van der Waals surface area contributed by atoms with Crippen LogP contribution in [0.3, 0.4) is 0 Å². The number of carbonyl (C=O) groups excluding carboxylic acids is 2.